The maximum absolute atomic E-state index is 12.6. The van der Waals surface area contributed by atoms with Gasteiger partial charge in [0.1, 0.15) is 0 Å². The molecule has 2 unspecified atom stereocenters. The van der Waals surface area contributed by atoms with E-state index in [1.807, 2.05) is 0 Å². The SMILES string of the molecule is CC(C)CN(CCC(=O)O)C(=O)C1C2CCCCC21. The number of carbonyl (C=O) groups is 2. The van der Waals surface area contributed by atoms with Crippen molar-refractivity contribution in [2.75, 3.05) is 13.1 Å². The number of aliphatic carboxylic acids is 1. The monoisotopic (exact) mass is 267 g/mol. The molecule has 1 amide bonds. The summed E-state index contributed by atoms with van der Waals surface area (Å²) in [6, 6.07) is 0. The van der Waals surface area contributed by atoms with Gasteiger partial charge in [0.25, 0.3) is 0 Å². The van der Waals surface area contributed by atoms with Gasteiger partial charge in [0.15, 0.2) is 0 Å². The largest absolute Gasteiger partial charge is 0.481 e. The van der Waals surface area contributed by atoms with Crippen molar-refractivity contribution in [1.82, 2.24) is 4.90 Å². The van der Waals surface area contributed by atoms with E-state index in [1.165, 1.54) is 25.7 Å². The maximum Gasteiger partial charge on any atom is 0.305 e. The Kier molecular flexibility index (Phi) is 4.48. The second kappa shape index (κ2) is 5.93. The summed E-state index contributed by atoms with van der Waals surface area (Å²) in [5, 5.41) is 8.80. The fourth-order valence-corrected chi connectivity index (χ4v) is 3.53. The van der Waals surface area contributed by atoms with Crippen LogP contribution in [-0.2, 0) is 9.59 Å². The third-order valence-electron chi connectivity index (χ3n) is 4.43. The molecule has 0 spiro atoms. The molecule has 2 rings (SSSR count). The van der Waals surface area contributed by atoms with Gasteiger partial charge in [-0.3, -0.25) is 9.59 Å². The zero-order chi connectivity index (χ0) is 14.0. The molecule has 108 valence electrons. The van der Waals surface area contributed by atoms with Gasteiger partial charge in [-0.1, -0.05) is 26.7 Å². The molecule has 4 heteroatoms. The molecule has 4 nitrogen and oxygen atoms in total. The Balaban J connectivity index is 1.93. The predicted octanol–water partition coefficient (Wildman–Crippen LogP) is 2.38. The fourth-order valence-electron chi connectivity index (χ4n) is 3.53. The molecular weight excluding hydrogens is 242 g/mol. The van der Waals surface area contributed by atoms with Gasteiger partial charge in [0.05, 0.1) is 6.42 Å². The normalized spacial score (nSPS) is 28.9. The van der Waals surface area contributed by atoms with E-state index in [0.29, 0.717) is 30.8 Å². The number of hydrogen-bond acceptors (Lipinski definition) is 2. The van der Waals surface area contributed by atoms with Gasteiger partial charge in [0, 0.05) is 19.0 Å². The van der Waals surface area contributed by atoms with Gasteiger partial charge < -0.3 is 10.0 Å². The summed E-state index contributed by atoms with van der Waals surface area (Å²) in [4.78, 5) is 25.1. The molecule has 19 heavy (non-hydrogen) atoms. The van der Waals surface area contributed by atoms with Gasteiger partial charge in [-0.05, 0) is 30.6 Å². The fraction of sp³-hybridized carbons (Fsp3) is 0.867. The lowest BCUT2D eigenvalue weighted by Gasteiger charge is -2.24. The Labute approximate surface area is 115 Å². The van der Waals surface area contributed by atoms with Crippen molar-refractivity contribution in [3.8, 4) is 0 Å². The Bertz CT molecular complexity index is 341. The van der Waals surface area contributed by atoms with Crippen molar-refractivity contribution < 1.29 is 14.7 Å². The van der Waals surface area contributed by atoms with Crippen molar-refractivity contribution in [2.24, 2.45) is 23.7 Å². The Morgan fingerprint density at radius 1 is 1.21 bits per heavy atom. The average Bonchev–Trinajstić information content (AvgIpc) is 3.07. The van der Waals surface area contributed by atoms with Crippen LogP contribution >= 0.6 is 0 Å². The van der Waals surface area contributed by atoms with E-state index < -0.39 is 5.97 Å². The van der Waals surface area contributed by atoms with Gasteiger partial charge in [-0.15, -0.1) is 0 Å². The highest BCUT2D eigenvalue weighted by Gasteiger charge is 2.55. The molecule has 0 aromatic heterocycles. The quantitative estimate of drug-likeness (QED) is 0.804. The highest BCUT2D eigenvalue weighted by molar-refractivity contribution is 5.83. The number of carbonyl (C=O) groups excluding carboxylic acids is 1. The van der Waals surface area contributed by atoms with Crippen molar-refractivity contribution in [2.45, 2.75) is 46.0 Å². The second-order valence-corrected chi connectivity index (χ2v) is 6.46. The topological polar surface area (TPSA) is 57.6 Å². The molecule has 0 bridgehead atoms. The lowest BCUT2D eigenvalue weighted by Crippen LogP contribution is -2.37. The molecule has 0 saturated heterocycles. The highest BCUT2D eigenvalue weighted by Crippen LogP contribution is 2.56. The van der Waals surface area contributed by atoms with Gasteiger partial charge in [-0.2, -0.15) is 0 Å². The summed E-state index contributed by atoms with van der Waals surface area (Å²) >= 11 is 0. The molecule has 2 saturated carbocycles. The number of carboxylic acid groups (broad SMARTS) is 1. The second-order valence-electron chi connectivity index (χ2n) is 6.46. The Morgan fingerprint density at radius 3 is 2.26 bits per heavy atom. The van der Waals surface area contributed by atoms with Crippen LogP contribution in [0.1, 0.15) is 46.0 Å². The molecule has 2 aliphatic carbocycles. The molecule has 0 aliphatic heterocycles. The van der Waals surface area contributed by atoms with Gasteiger partial charge in [0.2, 0.25) is 5.91 Å². The number of hydrogen-bond donors (Lipinski definition) is 1. The summed E-state index contributed by atoms with van der Waals surface area (Å²) in [5.74, 6) is 1.18. The number of nitrogens with zero attached hydrogens (tertiary/aromatic N) is 1. The van der Waals surface area contributed by atoms with Crippen LogP contribution in [0, 0.1) is 23.7 Å². The Morgan fingerprint density at radius 2 is 1.79 bits per heavy atom. The highest BCUT2D eigenvalue weighted by atomic mass is 16.4. The predicted molar refractivity (Wildman–Crippen MR) is 72.6 cm³/mol. The van der Waals surface area contributed by atoms with E-state index in [1.54, 1.807) is 4.90 Å². The average molecular weight is 267 g/mol. The third kappa shape index (κ3) is 3.48. The smallest absolute Gasteiger partial charge is 0.305 e. The molecule has 0 aromatic rings. The van der Waals surface area contributed by atoms with E-state index in [4.69, 9.17) is 5.11 Å². The molecule has 1 N–H and O–H groups in total. The van der Waals surface area contributed by atoms with Crippen LogP contribution in [0.5, 0.6) is 0 Å². The number of rotatable bonds is 6. The van der Waals surface area contributed by atoms with E-state index in [-0.39, 0.29) is 18.2 Å². The number of amides is 1. The van der Waals surface area contributed by atoms with Crippen LogP contribution in [0.25, 0.3) is 0 Å². The minimum Gasteiger partial charge on any atom is -0.481 e. The summed E-state index contributed by atoms with van der Waals surface area (Å²) in [7, 11) is 0. The zero-order valence-corrected chi connectivity index (χ0v) is 12.0. The van der Waals surface area contributed by atoms with Crippen LogP contribution in [0.2, 0.25) is 0 Å². The van der Waals surface area contributed by atoms with Crippen LogP contribution in [-0.4, -0.2) is 35.0 Å². The van der Waals surface area contributed by atoms with Crippen LogP contribution in [0.3, 0.4) is 0 Å². The van der Waals surface area contributed by atoms with E-state index >= 15 is 0 Å². The lowest BCUT2D eigenvalue weighted by atomic mass is 10.0. The van der Waals surface area contributed by atoms with E-state index in [2.05, 4.69) is 13.8 Å². The number of fused-ring (bicyclic) bond motifs is 1. The molecule has 0 heterocycles. The summed E-state index contributed by atoms with van der Waals surface area (Å²) in [6.07, 6.45) is 4.94. The van der Waals surface area contributed by atoms with Crippen LogP contribution < -0.4 is 0 Å². The molecule has 0 radical (unpaired) electrons. The zero-order valence-electron chi connectivity index (χ0n) is 12.0. The maximum atomic E-state index is 12.6. The first kappa shape index (κ1) is 14.4. The first-order valence-electron chi connectivity index (χ1n) is 7.51. The number of carboxylic acids is 1. The molecule has 2 aliphatic rings. The van der Waals surface area contributed by atoms with Crippen molar-refractivity contribution in [1.29, 1.82) is 0 Å². The summed E-state index contributed by atoms with van der Waals surface area (Å²) in [5.41, 5.74) is 0. The van der Waals surface area contributed by atoms with Crippen LogP contribution in [0.4, 0.5) is 0 Å². The Hall–Kier alpha value is -1.06. The first-order valence-corrected chi connectivity index (χ1v) is 7.51. The van der Waals surface area contributed by atoms with Crippen LogP contribution in [0.15, 0.2) is 0 Å². The summed E-state index contributed by atoms with van der Waals surface area (Å²) < 4.78 is 0. The molecular formula is C15H25NO3. The molecule has 2 fully saturated rings. The van der Waals surface area contributed by atoms with E-state index in [9.17, 15) is 9.59 Å². The lowest BCUT2D eigenvalue weighted by molar-refractivity contribution is -0.139. The van der Waals surface area contributed by atoms with E-state index in [0.717, 1.165) is 0 Å². The van der Waals surface area contributed by atoms with Crippen molar-refractivity contribution >= 4 is 11.9 Å². The minimum absolute atomic E-state index is 0.0561. The first-order chi connectivity index (χ1) is 9.00. The molecule has 0 aromatic carbocycles. The standard InChI is InChI=1S/C15H25NO3/c1-10(2)9-16(8-7-13(17)18)15(19)14-11-5-3-4-6-12(11)14/h10-12,14H,3-9H2,1-2H3,(H,17,18). The van der Waals surface area contributed by atoms with Gasteiger partial charge in [-0.25, -0.2) is 0 Å². The van der Waals surface area contributed by atoms with Crippen molar-refractivity contribution in [3.05, 3.63) is 0 Å². The summed E-state index contributed by atoms with van der Waals surface area (Å²) in [6.45, 7) is 5.19. The molecule has 2 atom stereocenters. The van der Waals surface area contributed by atoms with Crippen molar-refractivity contribution in [3.63, 3.8) is 0 Å². The minimum atomic E-state index is -0.824. The van der Waals surface area contributed by atoms with Gasteiger partial charge >= 0.3 is 5.97 Å². The third-order valence-corrected chi connectivity index (χ3v) is 4.43.